The molecular weight excluding hydrogens is 452 g/mol. The van der Waals surface area contributed by atoms with E-state index in [0.29, 0.717) is 26.3 Å². The minimum atomic E-state index is -0.197. The molecule has 29 heavy (non-hydrogen) atoms. The molecule has 0 amide bonds. The van der Waals surface area contributed by atoms with Gasteiger partial charge in [0, 0.05) is 16.1 Å². The molecule has 1 aliphatic carbocycles. The van der Waals surface area contributed by atoms with Crippen LogP contribution in [-0.4, -0.2) is 11.9 Å². The fourth-order valence-electron chi connectivity index (χ4n) is 3.46. The van der Waals surface area contributed by atoms with Crippen LogP contribution < -0.4 is 17.2 Å². The highest BCUT2D eigenvalue weighted by Crippen LogP contribution is 2.46. The van der Waals surface area contributed by atoms with Crippen LogP contribution in [0.2, 0.25) is 20.1 Å². The molecule has 0 spiro atoms. The van der Waals surface area contributed by atoms with E-state index in [1.54, 1.807) is 12.1 Å². The molecule has 2 aromatic carbocycles. The molecule has 0 saturated carbocycles. The van der Waals surface area contributed by atoms with Crippen LogP contribution >= 0.6 is 46.4 Å². The van der Waals surface area contributed by atoms with Gasteiger partial charge in [-0.25, -0.2) is 4.99 Å². The second-order valence-corrected chi connectivity index (χ2v) is 8.41. The van der Waals surface area contributed by atoms with Gasteiger partial charge in [0.1, 0.15) is 0 Å². The third kappa shape index (κ3) is 4.92. The Morgan fingerprint density at radius 3 is 2.21 bits per heavy atom. The third-order valence-corrected chi connectivity index (χ3v) is 6.41. The summed E-state index contributed by atoms with van der Waals surface area (Å²) in [6.07, 6.45) is 6.10. The highest BCUT2D eigenvalue weighted by Gasteiger charge is 2.22. The lowest BCUT2D eigenvalue weighted by Gasteiger charge is -2.17. The minimum Gasteiger partial charge on any atom is -0.370 e. The van der Waals surface area contributed by atoms with Crippen LogP contribution in [0.15, 0.2) is 28.2 Å². The average molecular weight is 473 g/mol. The van der Waals surface area contributed by atoms with Crippen LogP contribution in [0.25, 0.3) is 11.1 Å². The van der Waals surface area contributed by atoms with Crippen molar-refractivity contribution < 1.29 is 0 Å². The summed E-state index contributed by atoms with van der Waals surface area (Å²) in [5.74, 6) is -0.313. The zero-order valence-electron chi connectivity index (χ0n) is 15.6. The van der Waals surface area contributed by atoms with Crippen molar-refractivity contribution in [1.29, 1.82) is 0 Å². The number of halogens is 4. The first kappa shape index (κ1) is 22.0. The smallest absolute Gasteiger partial charge is 0.223 e. The monoisotopic (exact) mass is 471 g/mol. The van der Waals surface area contributed by atoms with Crippen molar-refractivity contribution in [1.82, 2.24) is 0 Å². The van der Waals surface area contributed by atoms with E-state index < -0.39 is 0 Å². The van der Waals surface area contributed by atoms with Gasteiger partial charge in [-0.05, 0) is 55.0 Å². The van der Waals surface area contributed by atoms with Crippen LogP contribution in [0.4, 0.5) is 5.69 Å². The molecule has 0 aliphatic heterocycles. The number of hydrogen-bond donors (Lipinski definition) is 3. The van der Waals surface area contributed by atoms with Crippen LogP contribution in [0.3, 0.4) is 0 Å². The van der Waals surface area contributed by atoms with Gasteiger partial charge in [0.2, 0.25) is 5.96 Å². The molecule has 0 fully saturated rings. The zero-order chi connectivity index (χ0) is 21.1. The lowest BCUT2D eigenvalue weighted by molar-refractivity contribution is 0.649. The molecule has 0 unspecified atom stereocenters. The van der Waals surface area contributed by atoms with Crippen molar-refractivity contribution in [2.24, 2.45) is 27.2 Å². The number of guanidine groups is 2. The number of nitrogens with zero attached hydrogens (tertiary/aromatic N) is 2. The fraction of sp³-hybridized carbons (Fsp3) is 0.300. The van der Waals surface area contributed by atoms with E-state index >= 15 is 0 Å². The number of aryl methyl sites for hydroxylation is 1. The van der Waals surface area contributed by atoms with Gasteiger partial charge in [0.25, 0.3) is 0 Å². The van der Waals surface area contributed by atoms with Crippen LogP contribution in [-0.2, 0) is 12.8 Å². The molecule has 154 valence electrons. The number of rotatable bonds is 2. The summed E-state index contributed by atoms with van der Waals surface area (Å²) in [6.45, 7) is 0. The molecule has 0 heterocycles. The molecule has 0 saturated heterocycles. The number of benzene rings is 2. The third-order valence-electron chi connectivity index (χ3n) is 4.81. The largest absolute Gasteiger partial charge is 0.370 e. The maximum absolute atomic E-state index is 6.79. The van der Waals surface area contributed by atoms with E-state index in [2.05, 4.69) is 9.98 Å². The Labute approximate surface area is 189 Å². The molecule has 3 rings (SSSR count). The second kappa shape index (κ2) is 9.43. The molecule has 2 bridgehead atoms. The molecule has 1 aliphatic rings. The average Bonchev–Trinajstić information content (AvgIpc) is 2.70. The summed E-state index contributed by atoms with van der Waals surface area (Å²) in [5, 5.41) is 2.05. The summed E-state index contributed by atoms with van der Waals surface area (Å²) in [4.78, 5) is 7.90. The Kier molecular flexibility index (Phi) is 7.17. The Morgan fingerprint density at radius 2 is 1.52 bits per heavy atom. The van der Waals surface area contributed by atoms with Gasteiger partial charge in [-0.3, -0.25) is 0 Å². The maximum atomic E-state index is 6.79. The van der Waals surface area contributed by atoms with Crippen molar-refractivity contribution in [2.75, 3.05) is 0 Å². The standard InChI is InChI=1S/C20H21Cl4N5/c21-13-7-8-14(28-20(27)29-19(25)26)18(24)15(13)12-9-10-5-3-1-2-4-6-11(16(10)22)17(12)23/h7-9H,1-6H2,(H6,25,26,27,28,29). The first-order valence-corrected chi connectivity index (χ1v) is 10.7. The summed E-state index contributed by atoms with van der Waals surface area (Å²) < 4.78 is 0. The molecule has 2 aromatic rings. The number of aliphatic imine (C=N–C) groups is 2. The quantitative estimate of drug-likeness (QED) is 0.377. The first-order chi connectivity index (χ1) is 13.8. The predicted octanol–water partition coefficient (Wildman–Crippen LogP) is 5.85. The van der Waals surface area contributed by atoms with E-state index in [4.69, 9.17) is 63.6 Å². The van der Waals surface area contributed by atoms with Crippen molar-refractivity contribution in [3.05, 3.63) is 49.4 Å². The second-order valence-electron chi connectivity index (χ2n) is 6.87. The SMILES string of the molecule is NC(N)=NC(N)=Nc1ccc(Cl)c(-c2cc3c(Cl)c(c2Cl)CCCCCC3)c1Cl. The molecule has 0 atom stereocenters. The van der Waals surface area contributed by atoms with Gasteiger partial charge in [-0.2, -0.15) is 4.99 Å². The van der Waals surface area contributed by atoms with Crippen molar-refractivity contribution in [3.63, 3.8) is 0 Å². The van der Waals surface area contributed by atoms with Crippen LogP contribution in [0, 0.1) is 0 Å². The lowest BCUT2D eigenvalue weighted by Crippen LogP contribution is -2.26. The molecular formula is C20H21Cl4N5. The minimum absolute atomic E-state index is 0.116. The number of hydrogen-bond acceptors (Lipinski definition) is 1. The van der Waals surface area contributed by atoms with Crippen LogP contribution in [0.1, 0.15) is 36.8 Å². The van der Waals surface area contributed by atoms with Crippen molar-refractivity contribution in [3.8, 4) is 11.1 Å². The molecule has 9 heteroatoms. The highest BCUT2D eigenvalue weighted by atomic mass is 35.5. The Balaban J connectivity index is 2.21. The Hall–Kier alpha value is -1.66. The van der Waals surface area contributed by atoms with Gasteiger partial charge in [0.15, 0.2) is 5.96 Å². The van der Waals surface area contributed by atoms with E-state index in [1.165, 1.54) is 0 Å². The summed E-state index contributed by atoms with van der Waals surface area (Å²) >= 11 is 26.6. The molecule has 6 N–H and O–H groups in total. The van der Waals surface area contributed by atoms with E-state index in [9.17, 15) is 0 Å². The highest BCUT2D eigenvalue weighted by molar-refractivity contribution is 6.43. The van der Waals surface area contributed by atoms with Crippen molar-refractivity contribution >= 4 is 64.0 Å². The number of fused-ring (bicyclic) bond motifs is 2. The van der Waals surface area contributed by atoms with Gasteiger partial charge < -0.3 is 17.2 Å². The van der Waals surface area contributed by atoms with Crippen LogP contribution in [0.5, 0.6) is 0 Å². The topological polar surface area (TPSA) is 103 Å². The molecule has 0 radical (unpaired) electrons. The van der Waals surface area contributed by atoms with Gasteiger partial charge in [0.05, 0.1) is 20.8 Å². The van der Waals surface area contributed by atoms with Gasteiger partial charge in [-0.1, -0.05) is 59.2 Å². The summed E-state index contributed by atoms with van der Waals surface area (Å²) in [6, 6.07) is 5.30. The summed E-state index contributed by atoms with van der Waals surface area (Å²) in [7, 11) is 0. The fourth-order valence-corrected chi connectivity index (χ4v) is 4.80. The van der Waals surface area contributed by atoms with E-state index in [0.717, 1.165) is 60.2 Å². The van der Waals surface area contributed by atoms with Gasteiger partial charge >= 0.3 is 0 Å². The lowest BCUT2D eigenvalue weighted by atomic mass is 9.95. The maximum Gasteiger partial charge on any atom is 0.223 e. The predicted molar refractivity (Wildman–Crippen MR) is 125 cm³/mol. The zero-order valence-corrected chi connectivity index (χ0v) is 18.6. The van der Waals surface area contributed by atoms with Crippen molar-refractivity contribution in [2.45, 2.75) is 38.5 Å². The molecule has 0 aromatic heterocycles. The molecule has 5 nitrogen and oxygen atoms in total. The summed E-state index contributed by atoms with van der Waals surface area (Å²) in [5.41, 5.74) is 20.1. The normalized spacial score (nSPS) is 14.7. The van der Waals surface area contributed by atoms with E-state index in [1.807, 2.05) is 6.07 Å². The number of nitrogens with two attached hydrogens (primary N) is 3. The van der Waals surface area contributed by atoms with E-state index in [-0.39, 0.29) is 11.9 Å². The Morgan fingerprint density at radius 1 is 0.828 bits per heavy atom. The Bertz CT molecular complexity index is 997. The van der Waals surface area contributed by atoms with Gasteiger partial charge in [-0.15, -0.1) is 0 Å². The first-order valence-electron chi connectivity index (χ1n) is 9.21.